The second kappa shape index (κ2) is 4.14. The van der Waals surface area contributed by atoms with Gasteiger partial charge in [0, 0.05) is 6.04 Å². The maximum atomic E-state index is 5.47. The molecule has 4 rings (SSSR count). The summed E-state index contributed by atoms with van der Waals surface area (Å²) in [5.74, 6) is 3.24. The molecule has 1 heterocycles. The monoisotopic (exact) mass is 309 g/mol. The quantitative estimate of drug-likeness (QED) is 0.927. The Morgan fingerprint density at radius 2 is 2.17 bits per heavy atom. The molecule has 1 aliphatic heterocycles. The number of rotatable bonds is 4. The van der Waals surface area contributed by atoms with E-state index in [0.29, 0.717) is 12.7 Å². The summed E-state index contributed by atoms with van der Waals surface area (Å²) in [4.78, 5) is 0. The van der Waals surface area contributed by atoms with E-state index in [4.69, 9.17) is 9.47 Å². The van der Waals surface area contributed by atoms with Crippen LogP contribution in [0.15, 0.2) is 16.6 Å². The minimum atomic E-state index is 0.342. The molecule has 2 fully saturated rings. The fourth-order valence-electron chi connectivity index (χ4n) is 2.69. The van der Waals surface area contributed by atoms with Crippen LogP contribution in [0, 0.1) is 5.92 Å². The van der Waals surface area contributed by atoms with Crippen LogP contribution in [-0.2, 0) is 0 Å². The first-order valence-corrected chi connectivity index (χ1v) is 7.43. The third-order valence-electron chi connectivity index (χ3n) is 4.05. The maximum absolute atomic E-state index is 5.47. The number of nitrogens with one attached hydrogen (secondary N) is 1. The molecule has 96 valence electrons. The first-order valence-electron chi connectivity index (χ1n) is 6.63. The van der Waals surface area contributed by atoms with Crippen molar-refractivity contribution in [1.29, 1.82) is 0 Å². The molecule has 4 heteroatoms. The normalized spacial score (nSPS) is 28.5. The van der Waals surface area contributed by atoms with Crippen LogP contribution in [-0.4, -0.2) is 19.4 Å². The molecule has 1 aromatic carbocycles. The van der Waals surface area contributed by atoms with Gasteiger partial charge in [0.1, 0.15) is 0 Å². The summed E-state index contributed by atoms with van der Waals surface area (Å²) in [7, 11) is 0. The molecule has 3 aliphatic rings. The predicted octanol–water partition coefficient (Wildman–Crippen LogP) is 3.03. The maximum Gasteiger partial charge on any atom is 0.231 e. The van der Waals surface area contributed by atoms with E-state index in [-0.39, 0.29) is 0 Å². The summed E-state index contributed by atoms with van der Waals surface area (Å²) in [6, 6.07) is 5.15. The minimum Gasteiger partial charge on any atom is -0.454 e. The second-order valence-electron chi connectivity index (χ2n) is 5.52. The van der Waals surface area contributed by atoms with E-state index >= 15 is 0 Å². The summed E-state index contributed by atoms with van der Waals surface area (Å²) >= 11 is 3.57. The predicted molar refractivity (Wildman–Crippen MR) is 72.1 cm³/mol. The minimum absolute atomic E-state index is 0.342. The molecule has 2 atom stereocenters. The van der Waals surface area contributed by atoms with Gasteiger partial charge in [-0.1, -0.05) is 0 Å². The smallest absolute Gasteiger partial charge is 0.231 e. The number of ether oxygens (including phenoxy) is 2. The van der Waals surface area contributed by atoms with Gasteiger partial charge in [-0.15, -0.1) is 0 Å². The second-order valence-corrected chi connectivity index (χ2v) is 6.38. The van der Waals surface area contributed by atoms with Crippen molar-refractivity contribution in [3.63, 3.8) is 0 Å². The third kappa shape index (κ3) is 2.01. The van der Waals surface area contributed by atoms with Gasteiger partial charge in [0.05, 0.1) is 4.47 Å². The van der Waals surface area contributed by atoms with Crippen molar-refractivity contribution in [2.24, 2.45) is 5.92 Å². The van der Waals surface area contributed by atoms with Gasteiger partial charge < -0.3 is 14.8 Å². The first kappa shape index (κ1) is 11.1. The Hall–Kier alpha value is -0.740. The fraction of sp³-hybridized carbons (Fsp3) is 0.571. The summed E-state index contributed by atoms with van der Waals surface area (Å²) in [5.41, 5.74) is 1.38. The Morgan fingerprint density at radius 1 is 1.28 bits per heavy atom. The molecular weight excluding hydrogens is 294 g/mol. The molecule has 1 aromatic rings. The number of fused-ring (bicyclic) bond motifs is 1. The van der Waals surface area contributed by atoms with Crippen molar-refractivity contribution in [3.8, 4) is 11.5 Å². The van der Waals surface area contributed by atoms with Crippen LogP contribution < -0.4 is 14.8 Å². The molecule has 0 aromatic heterocycles. The summed E-state index contributed by atoms with van der Waals surface area (Å²) in [6.07, 6.45) is 4.03. The molecule has 2 unspecified atom stereocenters. The topological polar surface area (TPSA) is 30.5 Å². The zero-order valence-electron chi connectivity index (χ0n) is 10.1. The molecule has 1 N–H and O–H groups in total. The first-order chi connectivity index (χ1) is 8.81. The zero-order valence-corrected chi connectivity index (χ0v) is 11.7. The fourth-order valence-corrected chi connectivity index (χ4v) is 3.26. The number of hydrogen-bond donors (Lipinski definition) is 1. The van der Waals surface area contributed by atoms with Crippen LogP contribution in [0.5, 0.6) is 11.5 Å². The van der Waals surface area contributed by atoms with Gasteiger partial charge in [-0.05, 0) is 71.3 Å². The van der Waals surface area contributed by atoms with Crippen molar-refractivity contribution in [2.75, 3.05) is 13.3 Å². The Balaban J connectivity index is 1.47. The molecule has 0 radical (unpaired) electrons. The summed E-state index contributed by atoms with van der Waals surface area (Å²) in [5, 5.41) is 3.62. The molecule has 0 spiro atoms. The zero-order chi connectivity index (χ0) is 12.1. The van der Waals surface area contributed by atoms with E-state index in [1.165, 1.54) is 31.4 Å². The average molecular weight is 310 g/mol. The highest BCUT2D eigenvalue weighted by atomic mass is 79.9. The Kier molecular flexibility index (Phi) is 2.55. The van der Waals surface area contributed by atoms with E-state index in [2.05, 4.69) is 33.4 Å². The van der Waals surface area contributed by atoms with Gasteiger partial charge in [0.25, 0.3) is 0 Å². The van der Waals surface area contributed by atoms with Crippen LogP contribution in [0.4, 0.5) is 0 Å². The molecular formula is C14H16BrNO2. The van der Waals surface area contributed by atoms with Gasteiger partial charge in [-0.2, -0.15) is 0 Å². The van der Waals surface area contributed by atoms with Crippen molar-refractivity contribution in [2.45, 2.75) is 31.2 Å². The molecule has 2 saturated carbocycles. The van der Waals surface area contributed by atoms with Gasteiger partial charge in [0.2, 0.25) is 6.79 Å². The molecule has 18 heavy (non-hydrogen) atoms. The SMILES string of the molecule is Brc1cc(C2CC2CNC2CC2)cc2c1OCO2. The van der Waals surface area contributed by atoms with Crippen LogP contribution in [0.3, 0.4) is 0 Å². The van der Waals surface area contributed by atoms with Crippen LogP contribution in [0.2, 0.25) is 0 Å². The van der Waals surface area contributed by atoms with Gasteiger partial charge in [0.15, 0.2) is 11.5 Å². The molecule has 2 aliphatic carbocycles. The molecule has 0 saturated heterocycles. The Morgan fingerprint density at radius 3 is 3.00 bits per heavy atom. The highest BCUT2D eigenvalue weighted by Crippen LogP contribution is 2.51. The molecule has 3 nitrogen and oxygen atoms in total. The summed E-state index contributed by atoms with van der Waals surface area (Å²) < 4.78 is 11.9. The van der Waals surface area contributed by atoms with E-state index in [1.807, 2.05) is 0 Å². The lowest BCUT2D eigenvalue weighted by Crippen LogP contribution is -2.19. The molecule has 0 bridgehead atoms. The van der Waals surface area contributed by atoms with Crippen LogP contribution in [0.1, 0.15) is 30.7 Å². The third-order valence-corrected chi connectivity index (χ3v) is 4.64. The van der Waals surface area contributed by atoms with Gasteiger partial charge in [-0.25, -0.2) is 0 Å². The van der Waals surface area contributed by atoms with E-state index in [9.17, 15) is 0 Å². The summed E-state index contributed by atoms with van der Waals surface area (Å²) in [6.45, 7) is 1.51. The highest BCUT2D eigenvalue weighted by molar-refractivity contribution is 9.10. The lowest BCUT2D eigenvalue weighted by Gasteiger charge is -2.05. The average Bonchev–Trinajstić information content (AvgIpc) is 3.25. The van der Waals surface area contributed by atoms with Crippen molar-refractivity contribution >= 4 is 15.9 Å². The van der Waals surface area contributed by atoms with Gasteiger partial charge >= 0.3 is 0 Å². The van der Waals surface area contributed by atoms with E-state index < -0.39 is 0 Å². The number of hydrogen-bond acceptors (Lipinski definition) is 3. The van der Waals surface area contributed by atoms with Gasteiger partial charge in [-0.3, -0.25) is 0 Å². The largest absolute Gasteiger partial charge is 0.454 e. The lowest BCUT2D eigenvalue weighted by molar-refractivity contribution is 0.173. The van der Waals surface area contributed by atoms with Crippen molar-refractivity contribution < 1.29 is 9.47 Å². The van der Waals surface area contributed by atoms with Crippen molar-refractivity contribution in [3.05, 3.63) is 22.2 Å². The van der Waals surface area contributed by atoms with E-state index in [0.717, 1.165) is 27.9 Å². The Bertz CT molecular complexity index is 487. The standard InChI is InChI=1S/C14H16BrNO2/c15-12-4-8(5-13-14(12)18-7-17-13)11-3-9(11)6-16-10-1-2-10/h4-5,9-11,16H,1-3,6-7H2. The number of benzene rings is 1. The number of halogens is 1. The van der Waals surface area contributed by atoms with E-state index in [1.54, 1.807) is 0 Å². The van der Waals surface area contributed by atoms with Crippen LogP contribution in [0.25, 0.3) is 0 Å². The lowest BCUT2D eigenvalue weighted by atomic mass is 10.1. The van der Waals surface area contributed by atoms with Crippen LogP contribution >= 0.6 is 15.9 Å². The molecule has 0 amide bonds. The Labute approximate surface area is 115 Å². The highest BCUT2D eigenvalue weighted by Gasteiger charge is 2.40. The van der Waals surface area contributed by atoms with Crippen molar-refractivity contribution in [1.82, 2.24) is 5.32 Å².